The number of hydrogen-bond acceptors (Lipinski definition) is 3. The summed E-state index contributed by atoms with van der Waals surface area (Å²) in [6, 6.07) is 3.55. The second-order valence-electron chi connectivity index (χ2n) is 5.79. The molecule has 1 aliphatic heterocycles. The molecule has 0 aromatic heterocycles. The third kappa shape index (κ3) is 2.90. The Labute approximate surface area is 113 Å². The van der Waals surface area contributed by atoms with Crippen molar-refractivity contribution in [2.45, 2.75) is 31.6 Å². The van der Waals surface area contributed by atoms with Gasteiger partial charge in [0.2, 0.25) is 10.0 Å². The Balaban J connectivity index is 2.34. The van der Waals surface area contributed by atoms with E-state index in [4.69, 9.17) is 5.73 Å². The van der Waals surface area contributed by atoms with E-state index in [2.05, 4.69) is 0 Å². The average molecular weight is 286 g/mol. The molecule has 1 aromatic carbocycles. The van der Waals surface area contributed by atoms with Crippen LogP contribution in [0.15, 0.2) is 23.1 Å². The highest BCUT2D eigenvalue weighted by atomic mass is 32.2. The zero-order chi connectivity index (χ0) is 14.3. The van der Waals surface area contributed by atoms with Gasteiger partial charge in [-0.05, 0) is 36.5 Å². The molecule has 1 heterocycles. The molecular weight excluding hydrogens is 267 g/mol. The van der Waals surface area contributed by atoms with Crippen LogP contribution in [0.25, 0.3) is 0 Å². The second-order valence-corrected chi connectivity index (χ2v) is 7.73. The zero-order valence-corrected chi connectivity index (χ0v) is 12.0. The predicted molar refractivity (Wildman–Crippen MR) is 72.6 cm³/mol. The lowest BCUT2D eigenvalue weighted by molar-refractivity contribution is 0.187. The summed E-state index contributed by atoms with van der Waals surface area (Å²) in [5.41, 5.74) is 5.27. The van der Waals surface area contributed by atoms with E-state index in [0.29, 0.717) is 13.1 Å². The maximum absolute atomic E-state index is 13.1. The van der Waals surface area contributed by atoms with Crippen molar-refractivity contribution in [3.63, 3.8) is 0 Å². The van der Waals surface area contributed by atoms with E-state index in [-0.39, 0.29) is 16.0 Å². The third-order valence-electron chi connectivity index (χ3n) is 3.47. The Kier molecular flexibility index (Phi) is 3.57. The standard InChI is InChI=1S/C13H19FN2O2S/c1-13(2)6-3-7-16(9-13)19(17,18)10-4-5-11(14)12(15)8-10/h4-5,8H,3,6-7,9,15H2,1-2H3. The monoisotopic (exact) mass is 286 g/mol. The summed E-state index contributed by atoms with van der Waals surface area (Å²) in [5, 5.41) is 0. The van der Waals surface area contributed by atoms with Crippen LogP contribution in [0.4, 0.5) is 10.1 Å². The van der Waals surface area contributed by atoms with Crippen molar-refractivity contribution in [1.29, 1.82) is 0 Å². The lowest BCUT2D eigenvalue weighted by Crippen LogP contribution is -2.43. The van der Waals surface area contributed by atoms with Gasteiger partial charge in [-0.2, -0.15) is 4.31 Å². The van der Waals surface area contributed by atoms with Crippen molar-refractivity contribution in [3.05, 3.63) is 24.0 Å². The summed E-state index contributed by atoms with van der Waals surface area (Å²) in [6.07, 6.45) is 1.84. The van der Waals surface area contributed by atoms with Crippen LogP contribution in [-0.2, 0) is 10.0 Å². The molecule has 0 amide bonds. The van der Waals surface area contributed by atoms with E-state index in [0.717, 1.165) is 18.9 Å². The summed E-state index contributed by atoms with van der Waals surface area (Å²) < 4.78 is 39.6. The first-order chi connectivity index (χ1) is 8.72. The Hall–Kier alpha value is -1.14. The molecule has 106 valence electrons. The molecule has 1 saturated heterocycles. The second kappa shape index (κ2) is 4.76. The Morgan fingerprint density at radius 1 is 1.37 bits per heavy atom. The summed E-state index contributed by atoms with van der Waals surface area (Å²) in [4.78, 5) is 0.0594. The van der Waals surface area contributed by atoms with Crippen LogP contribution in [0.2, 0.25) is 0 Å². The first kappa shape index (κ1) is 14.3. The van der Waals surface area contributed by atoms with Crippen LogP contribution in [0.5, 0.6) is 0 Å². The summed E-state index contributed by atoms with van der Waals surface area (Å²) in [6.45, 7) is 5.08. The van der Waals surface area contributed by atoms with Crippen LogP contribution >= 0.6 is 0 Å². The van der Waals surface area contributed by atoms with Gasteiger partial charge in [0.1, 0.15) is 5.82 Å². The fourth-order valence-electron chi connectivity index (χ4n) is 2.41. The topological polar surface area (TPSA) is 63.4 Å². The van der Waals surface area contributed by atoms with Crippen molar-refractivity contribution in [1.82, 2.24) is 4.31 Å². The molecule has 6 heteroatoms. The van der Waals surface area contributed by atoms with Gasteiger partial charge in [-0.25, -0.2) is 12.8 Å². The molecule has 0 bridgehead atoms. The lowest BCUT2D eigenvalue weighted by Gasteiger charge is -2.37. The number of halogens is 1. The first-order valence-corrected chi connectivity index (χ1v) is 7.72. The molecule has 0 unspecified atom stereocenters. The smallest absolute Gasteiger partial charge is 0.243 e. The molecule has 1 aromatic rings. The molecule has 4 nitrogen and oxygen atoms in total. The number of hydrogen-bond donors (Lipinski definition) is 1. The highest BCUT2D eigenvalue weighted by Crippen LogP contribution is 2.32. The van der Waals surface area contributed by atoms with Gasteiger partial charge in [0.05, 0.1) is 10.6 Å². The number of benzene rings is 1. The van der Waals surface area contributed by atoms with E-state index in [9.17, 15) is 12.8 Å². The van der Waals surface area contributed by atoms with E-state index in [1.807, 2.05) is 13.8 Å². The van der Waals surface area contributed by atoms with Crippen LogP contribution < -0.4 is 5.73 Å². The molecule has 0 spiro atoms. The maximum Gasteiger partial charge on any atom is 0.243 e. The maximum atomic E-state index is 13.1. The lowest BCUT2D eigenvalue weighted by atomic mass is 9.85. The largest absolute Gasteiger partial charge is 0.396 e. The van der Waals surface area contributed by atoms with Crippen molar-refractivity contribution in [2.75, 3.05) is 18.8 Å². The fraction of sp³-hybridized carbons (Fsp3) is 0.538. The third-order valence-corrected chi connectivity index (χ3v) is 5.31. The zero-order valence-electron chi connectivity index (χ0n) is 11.2. The molecule has 0 atom stereocenters. The highest BCUT2D eigenvalue weighted by molar-refractivity contribution is 7.89. The van der Waals surface area contributed by atoms with E-state index in [1.54, 1.807) is 0 Å². The number of anilines is 1. The Morgan fingerprint density at radius 3 is 2.63 bits per heavy atom. The minimum absolute atomic E-state index is 0.0309. The normalized spacial score (nSPS) is 20.4. The van der Waals surface area contributed by atoms with Crippen LogP contribution in [0, 0.1) is 11.2 Å². The van der Waals surface area contributed by atoms with Crippen molar-refractivity contribution in [3.8, 4) is 0 Å². The van der Waals surface area contributed by atoms with Crippen molar-refractivity contribution < 1.29 is 12.8 Å². The number of sulfonamides is 1. The minimum Gasteiger partial charge on any atom is -0.396 e. The van der Waals surface area contributed by atoms with Crippen LogP contribution in [0.1, 0.15) is 26.7 Å². The van der Waals surface area contributed by atoms with Gasteiger partial charge in [-0.15, -0.1) is 0 Å². The molecule has 2 rings (SSSR count). The molecule has 1 aliphatic rings. The Morgan fingerprint density at radius 2 is 2.05 bits per heavy atom. The van der Waals surface area contributed by atoms with Crippen molar-refractivity contribution >= 4 is 15.7 Å². The SMILES string of the molecule is CC1(C)CCCN(S(=O)(=O)c2ccc(F)c(N)c2)C1. The first-order valence-electron chi connectivity index (χ1n) is 6.28. The fourth-order valence-corrected chi connectivity index (χ4v) is 4.11. The van der Waals surface area contributed by atoms with Crippen molar-refractivity contribution in [2.24, 2.45) is 5.41 Å². The number of rotatable bonds is 2. The number of piperidine rings is 1. The average Bonchev–Trinajstić information content (AvgIpc) is 2.31. The van der Waals surface area contributed by atoms with Gasteiger partial charge in [0.25, 0.3) is 0 Å². The predicted octanol–water partition coefficient (Wildman–Crippen LogP) is 2.22. The molecule has 1 fully saturated rings. The molecule has 19 heavy (non-hydrogen) atoms. The summed E-state index contributed by atoms with van der Waals surface area (Å²) >= 11 is 0. The molecule has 0 saturated carbocycles. The summed E-state index contributed by atoms with van der Waals surface area (Å²) in [5.74, 6) is -0.599. The van der Waals surface area contributed by atoms with E-state index >= 15 is 0 Å². The number of nitrogens with two attached hydrogens (primary N) is 1. The van der Waals surface area contributed by atoms with Gasteiger partial charge >= 0.3 is 0 Å². The van der Waals surface area contributed by atoms with E-state index < -0.39 is 15.8 Å². The highest BCUT2D eigenvalue weighted by Gasteiger charge is 2.34. The van der Waals surface area contributed by atoms with Gasteiger partial charge in [0.15, 0.2) is 0 Å². The minimum atomic E-state index is -3.59. The van der Waals surface area contributed by atoms with Gasteiger partial charge in [0, 0.05) is 13.1 Å². The molecule has 0 aliphatic carbocycles. The molecular formula is C13H19FN2O2S. The number of nitrogens with zero attached hydrogens (tertiary/aromatic N) is 1. The quantitative estimate of drug-likeness (QED) is 0.848. The van der Waals surface area contributed by atoms with Crippen LogP contribution in [-0.4, -0.2) is 25.8 Å². The molecule has 2 N–H and O–H groups in total. The molecule has 0 radical (unpaired) electrons. The Bertz CT molecular complexity index is 584. The summed E-state index contributed by atoms with van der Waals surface area (Å²) in [7, 11) is -3.59. The van der Waals surface area contributed by atoms with Gasteiger partial charge in [-0.1, -0.05) is 13.8 Å². The van der Waals surface area contributed by atoms with Crippen LogP contribution in [0.3, 0.4) is 0 Å². The van der Waals surface area contributed by atoms with Gasteiger partial charge < -0.3 is 5.73 Å². The number of nitrogen functional groups attached to an aromatic ring is 1. The van der Waals surface area contributed by atoms with E-state index in [1.165, 1.54) is 16.4 Å². The van der Waals surface area contributed by atoms with Gasteiger partial charge in [-0.3, -0.25) is 0 Å².